The number of imidazole rings is 1. The van der Waals surface area contributed by atoms with Gasteiger partial charge in [-0.25, -0.2) is 4.98 Å². The molecule has 1 rings (SSSR count). The van der Waals surface area contributed by atoms with Crippen molar-refractivity contribution in [1.29, 1.82) is 0 Å². The number of aryl methyl sites for hydroxylation is 1. The van der Waals surface area contributed by atoms with Gasteiger partial charge in [0, 0.05) is 32.0 Å². The molecule has 18 heavy (non-hydrogen) atoms. The molecule has 1 heterocycles. The van der Waals surface area contributed by atoms with Crippen LogP contribution < -0.4 is 5.32 Å². The number of likely N-dealkylation sites (N-methyl/N-ethyl adjacent to an activating group) is 1. The van der Waals surface area contributed by atoms with Crippen LogP contribution in [0.25, 0.3) is 0 Å². The van der Waals surface area contributed by atoms with Crippen molar-refractivity contribution in [2.24, 2.45) is 7.05 Å². The highest BCUT2D eigenvalue weighted by Gasteiger charge is 2.20. The van der Waals surface area contributed by atoms with E-state index in [-0.39, 0.29) is 6.04 Å². The first-order valence-corrected chi connectivity index (χ1v) is 6.03. The quantitative estimate of drug-likeness (QED) is 0.732. The van der Waals surface area contributed by atoms with E-state index in [2.05, 4.69) is 10.3 Å². The SMILES string of the molecule is CC(C)NC(CN(C)Cc1nccn1C)C(=O)O. The summed E-state index contributed by atoms with van der Waals surface area (Å²) in [7, 11) is 3.82. The van der Waals surface area contributed by atoms with Gasteiger partial charge in [0.1, 0.15) is 11.9 Å². The molecule has 0 saturated heterocycles. The van der Waals surface area contributed by atoms with Gasteiger partial charge in [0.25, 0.3) is 0 Å². The zero-order chi connectivity index (χ0) is 13.7. The van der Waals surface area contributed by atoms with Crippen molar-refractivity contribution in [2.75, 3.05) is 13.6 Å². The highest BCUT2D eigenvalue weighted by atomic mass is 16.4. The number of aromatic nitrogens is 2. The summed E-state index contributed by atoms with van der Waals surface area (Å²) in [6.45, 7) is 4.96. The number of aliphatic carboxylic acids is 1. The highest BCUT2D eigenvalue weighted by Crippen LogP contribution is 2.01. The van der Waals surface area contributed by atoms with Crippen LogP contribution in [0.2, 0.25) is 0 Å². The zero-order valence-corrected chi connectivity index (χ0v) is 11.4. The lowest BCUT2D eigenvalue weighted by Crippen LogP contribution is -2.47. The van der Waals surface area contributed by atoms with Crippen LogP contribution >= 0.6 is 0 Å². The number of carboxylic acid groups (broad SMARTS) is 1. The molecule has 0 spiro atoms. The van der Waals surface area contributed by atoms with Gasteiger partial charge < -0.3 is 15.0 Å². The van der Waals surface area contributed by atoms with Crippen molar-refractivity contribution < 1.29 is 9.90 Å². The molecule has 102 valence electrons. The molecule has 1 aromatic rings. The molecule has 1 atom stereocenters. The lowest BCUT2D eigenvalue weighted by molar-refractivity contribution is -0.140. The molecule has 0 aliphatic heterocycles. The van der Waals surface area contributed by atoms with Crippen LogP contribution in [0.15, 0.2) is 12.4 Å². The molecular weight excluding hydrogens is 232 g/mol. The maximum absolute atomic E-state index is 11.1. The van der Waals surface area contributed by atoms with Gasteiger partial charge in [-0.2, -0.15) is 0 Å². The number of nitrogens with one attached hydrogen (secondary N) is 1. The lowest BCUT2D eigenvalue weighted by Gasteiger charge is -2.23. The van der Waals surface area contributed by atoms with Crippen molar-refractivity contribution in [2.45, 2.75) is 32.5 Å². The summed E-state index contributed by atoms with van der Waals surface area (Å²) in [4.78, 5) is 17.3. The molecule has 0 aliphatic carbocycles. The fraction of sp³-hybridized carbons (Fsp3) is 0.667. The summed E-state index contributed by atoms with van der Waals surface area (Å²) in [5, 5.41) is 12.2. The standard InChI is InChI=1S/C12H22N4O2/c1-9(2)14-10(12(17)18)7-15(3)8-11-13-5-6-16(11)4/h5-6,9-10,14H,7-8H2,1-4H3,(H,17,18). The van der Waals surface area contributed by atoms with E-state index < -0.39 is 12.0 Å². The summed E-state index contributed by atoms with van der Waals surface area (Å²) in [6.07, 6.45) is 3.62. The van der Waals surface area contributed by atoms with Crippen molar-refractivity contribution in [3.05, 3.63) is 18.2 Å². The maximum atomic E-state index is 11.1. The van der Waals surface area contributed by atoms with E-state index in [0.717, 1.165) is 5.82 Å². The van der Waals surface area contributed by atoms with Gasteiger partial charge in [-0.1, -0.05) is 13.8 Å². The van der Waals surface area contributed by atoms with Gasteiger partial charge in [0.15, 0.2) is 0 Å². The Bertz CT molecular complexity index is 389. The topological polar surface area (TPSA) is 70.4 Å². The minimum atomic E-state index is -0.824. The fourth-order valence-corrected chi connectivity index (χ4v) is 1.77. The molecular formula is C12H22N4O2. The van der Waals surface area contributed by atoms with Gasteiger partial charge in [-0.3, -0.25) is 9.69 Å². The summed E-state index contributed by atoms with van der Waals surface area (Å²) >= 11 is 0. The van der Waals surface area contributed by atoms with Crippen molar-refractivity contribution >= 4 is 5.97 Å². The lowest BCUT2D eigenvalue weighted by atomic mass is 10.2. The molecule has 6 nitrogen and oxygen atoms in total. The summed E-state index contributed by atoms with van der Waals surface area (Å²) < 4.78 is 1.93. The van der Waals surface area contributed by atoms with Crippen molar-refractivity contribution in [3.8, 4) is 0 Å². The Labute approximate surface area is 108 Å². The van der Waals surface area contributed by atoms with E-state index in [1.807, 2.05) is 43.6 Å². The molecule has 0 fully saturated rings. The summed E-state index contributed by atoms with van der Waals surface area (Å²) in [6, 6.07) is -0.414. The normalized spacial score (nSPS) is 13.2. The van der Waals surface area contributed by atoms with E-state index in [1.54, 1.807) is 6.20 Å². The molecule has 0 aliphatic rings. The fourth-order valence-electron chi connectivity index (χ4n) is 1.77. The first kappa shape index (κ1) is 14.7. The van der Waals surface area contributed by atoms with Crippen LogP contribution in [0.3, 0.4) is 0 Å². The second kappa shape index (κ2) is 6.51. The van der Waals surface area contributed by atoms with Crippen LogP contribution in [0.4, 0.5) is 0 Å². The number of nitrogens with zero attached hydrogens (tertiary/aromatic N) is 3. The Balaban J connectivity index is 2.53. The maximum Gasteiger partial charge on any atom is 0.322 e. The number of hydrogen-bond donors (Lipinski definition) is 2. The van der Waals surface area contributed by atoms with Gasteiger partial charge in [-0.15, -0.1) is 0 Å². The molecule has 0 aromatic carbocycles. The van der Waals surface area contributed by atoms with Crippen LogP contribution in [0, 0.1) is 0 Å². The number of carboxylic acids is 1. The van der Waals surface area contributed by atoms with Gasteiger partial charge in [0.2, 0.25) is 0 Å². The number of rotatable bonds is 7. The molecule has 2 N–H and O–H groups in total. The second-order valence-electron chi connectivity index (χ2n) is 4.86. The largest absolute Gasteiger partial charge is 0.480 e. The molecule has 0 amide bonds. The van der Waals surface area contributed by atoms with E-state index in [0.29, 0.717) is 13.1 Å². The predicted molar refractivity (Wildman–Crippen MR) is 69.2 cm³/mol. The first-order chi connectivity index (χ1) is 8.40. The molecule has 1 aromatic heterocycles. The average molecular weight is 254 g/mol. The van der Waals surface area contributed by atoms with Crippen molar-refractivity contribution in [3.63, 3.8) is 0 Å². The molecule has 6 heteroatoms. The van der Waals surface area contributed by atoms with E-state index >= 15 is 0 Å². The minimum absolute atomic E-state index is 0.146. The minimum Gasteiger partial charge on any atom is -0.480 e. The summed E-state index contributed by atoms with van der Waals surface area (Å²) in [5.74, 6) is 0.0987. The third-order valence-corrected chi connectivity index (χ3v) is 2.66. The number of carbonyl (C=O) groups is 1. The van der Waals surface area contributed by atoms with Crippen LogP contribution in [0.1, 0.15) is 19.7 Å². The molecule has 0 radical (unpaired) electrons. The molecule has 0 saturated carbocycles. The Kier molecular flexibility index (Phi) is 5.30. The highest BCUT2D eigenvalue weighted by molar-refractivity contribution is 5.73. The van der Waals surface area contributed by atoms with Crippen LogP contribution in [-0.4, -0.2) is 51.2 Å². The summed E-state index contributed by atoms with van der Waals surface area (Å²) in [5.41, 5.74) is 0. The monoisotopic (exact) mass is 254 g/mol. The van der Waals surface area contributed by atoms with E-state index in [9.17, 15) is 4.79 Å². The van der Waals surface area contributed by atoms with E-state index in [1.165, 1.54) is 0 Å². The number of hydrogen-bond acceptors (Lipinski definition) is 4. The third-order valence-electron chi connectivity index (χ3n) is 2.66. The van der Waals surface area contributed by atoms with Gasteiger partial charge in [0.05, 0.1) is 6.54 Å². The zero-order valence-electron chi connectivity index (χ0n) is 11.4. The average Bonchev–Trinajstić information content (AvgIpc) is 2.62. The molecule has 1 unspecified atom stereocenters. The molecule has 0 bridgehead atoms. The van der Waals surface area contributed by atoms with Crippen LogP contribution in [0.5, 0.6) is 0 Å². The Morgan fingerprint density at radius 2 is 2.28 bits per heavy atom. The van der Waals surface area contributed by atoms with Crippen LogP contribution in [-0.2, 0) is 18.4 Å². The Hall–Kier alpha value is -1.40. The predicted octanol–water partition coefficient (Wildman–Crippen LogP) is 0.303. The third kappa shape index (κ3) is 4.46. The van der Waals surface area contributed by atoms with Gasteiger partial charge in [-0.05, 0) is 7.05 Å². The first-order valence-electron chi connectivity index (χ1n) is 6.03. The Morgan fingerprint density at radius 3 is 2.72 bits per heavy atom. The van der Waals surface area contributed by atoms with Crippen molar-refractivity contribution in [1.82, 2.24) is 19.8 Å². The Morgan fingerprint density at radius 1 is 1.61 bits per heavy atom. The smallest absolute Gasteiger partial charge is 0.322 e. The van der Waals surface area contributed by atoms with Gasteiger partial charge >= 0.3 is 5.97 Å². The second-order valence-corrected chi connectivity index (χ2v) is 4.86. The van der Waals surface area contributed by atoms with E-state index in [4.69, 9.17) is 5.11 Å².